The molecule has 0 unspecified atom stereocenters. The van der Waals surface area contributed by atoms with Gasteiger partial charge in [-0.3, -0.25) is 9.47 Å². The first-order valence-electron chi connectivity index (χ1n) is 8.87. The number of aromatic nitrogens is 1. The van der Waals surface area contributed by atoms with Gasteiger partial charge in [0, 0.05) is 5.69 Å². The van der Waals surface area contributed by atoms with Crippen LogP contribution >= 0.6 is 11.8 Å². The van der Waals surface area contributed by atoms with Crippen LogP contribution in [-0.2, 0) is 4.79 Å². The van der Waals surface area contributed by atoms with Crippen LogP contribution in [0.25, 0.3) is 0 Å². The summed E-state index contributed by atoms with van der Waals surface area (Å²) in [5.74, 6) is 0.0377. The maximum atomic E-state index is 14.0. The largest absolute Gasteiger partial charge is 0.497 e. The SMILES string of the molecule is COc1ccc([C@@H]2Nn3c(C)ccc3S[C@H]2C(=O)Nc2ccccc2F)cc1. The van der Waals surface area contributed by atoms with E-state index in [1.165, 1.54) is 17.8 Å². The maximum Gasteiger partial charge on any atom is 0.240 e. The van der Waals surface area contributed by atoms with Crippen molar-refractivity contribution >= 4 is 23.4 Å². The van der Waals surface area contributed by atoms with Crippen molar-refractivity contribution in [1.82, 2.24) is 4.68 Å². The number of hydrogen-bond acceptors (Lipinski definition) is 4. The number of ether oxygens (including phenoxy) is 1. The number of para-hydroxylation sites is 1. The lowest BCUT2D eigenvalue weighted by Gasteiger charge is -2.34. The number of thioether (sulfide) groups is 1. The van der Waals surface area contributed by atoms with Gasteiger partial charge in [-0.15, -0.1) is 0 Å². The molecular weight excluding hydrogens is 377 g/mol. The Morgan fingerprint density at radius 2 is 1.89 bits per heavy atom. The average Bonchev–Trinajstić information content (AvgIpc) is 3.09. The van der Waals surface area contributed by atoms with Crippen LogP contribution < -0.4 is 15.5 Å². The second-order valence-corrected chi connectivity index (χ2v) is 7.70. The number of methoxy groups -OCH3 is 1. The van der Waals surface area contributed by atoms with Gasteiger partial charge in [0.15, 0.2) is 0 Å². The molecule has 2 N–H and O–H groups in total. The number of benzene rings is 2. The van der Waals surface area contributed by atoms with Crippen molar-refractivity contribution in [3.05, 3.63) is 77.7 Å². The predicted octanol–water partition coefficient (Wildman–Crippen LogP) is 4.34. The number of carbonyl (C=O) groups excluding carboxylic acids is 1. The number of anilines is 1. The summed E-state index contributed by atoms with van der Waals surface area (Å²) in [4.78, 5) is 13.1. The molecule has 0 saturated carbocycles. The normalized spacial score (nSPS) is 18.1. The van der Waals surface area contributed by atoms with Gasteiger partial charge in [0.2, 0.25) is 5.91 Å². The molecule has 0 radical (unpaired) electrons. The monoisotopic (exact) mass is 397 g/mol. The summed E-state index contributed by atoms with van der Waals surface area (Å²) < 4.78 is 21.2. The van der Waals surface area contributed by atoms with Gasteiger partial charge in [0.05, 0.1) is 23.9 Å². The third-order valence-electron chi connectivity index (χ3n) is 4.72. The van der Waals surface area contributed by atoms with E-state index in [2.05, 4.69) is 10.7 Å². The second-order valence-electron chi connectivity index (χ2n) is 6.54. The van der Waals surface area contributed by atoms with E-state index in [-0.39, 0.29) is 17.6 Å². The van der Waals surface area contributed by atoms with Crippen molar-refractivity contribution in [2.75, 3.05) is 17.9 Å². The Morgan fingerprint density at radius 3 is 2.61 bits per heavy atom. The average molecular weight is 397 g/mol. The molecule has 7 heteroatoms. The molecule has 2 aromatic carbocycles. The van der Waals surface area contributed by atoms with Crippen molar-refractivity contribution in [1.29, 1.82) is 0 Å². The molecule has 1 aromatic heterocycles. The Morgan fingerprint density at radius 1 is 1.14 bits per heavy atom. The van der Waals surface area contributed by atoms with E-state index in [0.29, 0.717) is 0 Å². The van der Waals surface area contributed by atoms with Gasteiger partial charge >= 0.3 is 0 Å². The van der Waals surface area contributed by atoms with Crippen LogP contribution in [0.1, 0.15) is 17.3 Å². The molecule has 1 amide bonds. The van der Waals surface area contributed by atoms with Crippen LogP contribution in [0.3, 0.4) is 0 Å². The van der Waals surface area contributed by atoms with Crippen LogP contribution in [0.15, 0.2) is 65.7 Å². The molecule has 1 aliphatic heterocycles. The summed E-state index contributed by atoms with van der Waals surface area (Å²) in [6.07, 6.45) is 0. The van der Waals surface area contributed by atoms with Crippen molar-refractivity contribution in [2.45, 2.75) is 23.2 Å². The van der Waals surface area contributed by atoms with Crippen molar-refractivity contribution in [2.24, 2.45) is 0 Å². The van der Waals surface area contributed by atoms with E-state index in [0.717, 1.165) is 22.0 Å². The smallest absolute Gasteiger partial charge is 0.240 e. The van der Waals surface area contributed by atoms with Gasteiger partial charge in [-0.05, 0) is 48.9 Å². The van der Waals surface area contributed by atoms with Crippen LogP contribution in [0, 0.1) is 12.7 Å². The minimum absolute atomic E-state index is 0.179. The molecule has 5 nitrogen and oxygen atoms in total. The Hall–Kier alpha value is -2.93. The van der Waals surface area contributed by atoms with E-state index in [1.54, 1.807) is 25.3 Å². The lowest BCUT2D eigenvalue weighted by atomic mass is 10.0. The first-order chi connectivity index (χ1) is 13.6. The van der Waals surface area contributed by atoms with Gasteiger partial charge in [0.1, 0.15) is 16.8 Å². The minimum Gasteiger partial charge on any atom is -0.497 e. The summed E-state index contributed by atoms with van der Waals surface area (Å²) in [5, 5.41) is 3.19. The summed E-state index contributed by atoms with van der Waals surface area (Å²) in [6, 6.07) is 17.5. The highest BCUT2D eigenvalue weighted by Crippen LogP contribution is 2.39. The van der Waals surface area contributed by atoms with Gasteiger partial charge in [-0.25, -0.2) is 4.39 Å². The Kier molecular flexibility index (Phi) is 5.00. The molecule has 3 aromatic rings. The van der Waals surface area contributed by atoms with Gasteiger partial charge in [0.25, 0.3) is 0 Å². The van der Waals surface area contributed by atoms with Gasteiger partial charge in [-0.1, -0.05) is 36.0 Å². The molecule has 4 rings (SSSR count). The van der Waals surface area contributed by atoms with Crippen LogP contribution in [-0.4, -0.2) is 22.9 Å². The Bertz CT molecular complexity index is 1000. The van der Waals surface area contributed by atoms with Gasteiger partial charge < -0.3 is 15.5 Å². The van der Waals surface area contributed by atoms with Crippen LogP contribution in [0.4, 0.5) is 10.1 Å². The third kappa shape index (κ3) is 3.45. The Balaban J connectivity index is 1.67. The number of fused-ring (bicyclic) bond motifs is 1. The lowest BCUT2D eigenvalue weighted by Crippen LogP contribution is -2.41. The van der Waals surface area contributed by atoms with E-state index >= 15 is 0 Å². The first kappa shape index (κ1) is 18.4. The number of amides is 1. The highest BCUT2D eigenvalue weighted by atomic mass is 32.2. The number of nitrogens with one attached hydrogen (secondary N) is 2. The van der Waals surface area contributed by atoms with E-state index in [9.17, 15) is 9.18 Å². The zero-order chi connectivity index (χ0) is 19.7. The van der Waals surface area contributed by atoms with Crippen molar-refractivity contribution in [3.8, 4) is 5.75 Å². The molecule has 0 fully saturated rings. The Labute approximate surface area is 166 Å². The molecule has 2 atom stereocenters. The summed E-state index contributed by atoms with van der Waals surface area (Å²) in [7, 11) is 1.61. The quantitative estimate of drug-likeness (QED) is 0.688. The molecular formula is C21H20FN3O2S. The molecule has 0 aliphatic carbocycles. The number of hydrogen-bond donors (Lipinski definition) is 2. The summed E-state index contributed by atoms with van der Waals surface area (Å²) >= 11 is 1.46. The molecule has 0 saturated heterocycles. The molecule has 0 spiro atoms. The number of halogens is 1. The van der Waals surface area contributed by atoms with Crippen LogP contribution in [0.2, 0.25) is 0 Å². The van der Waals surface area contributed by atoms with Gasteiger partial charge in [-0.2, -0.15) is 0 Å². The van der Waals surface area contributed by atoms with E-state index in [1.807, 2.05) is 48.0 Å². The fraction of sp³-hybridized carbons (Fsp3) is 0.190. The zero-order valence-electron chi connectivity index (χ0n) is 15.5. The fourth-order valence-electron chi connectivity index (χ4n) is 3.21. The maximum absolute atomic E-state index is 14.0. The fourth-order valence-corrected chi connectivity index (χ4v) is 4.44. The standard InChI is InChI=1S/C21H20FN3O2S/c1-13-7-12-18-25(13)24-19(14-8-10-15(27-2)11-9-14)20(28-18)21(26)23-17-6-4-3-5-16(17)22/h3-12,19-20,24H,1-2H3,(H,23,26)/t19-,20+/m0/s1. The first-order valence-corrected chi connectivity index (χ1v) is 9.75. The summed E-state index contributed by atoms with van der Waals surface area (Å²) in [6.45, 7) is 2.00. The minimum atomic E-state index is -0.477. The second kappa shape index (κ2) is 7.59. The number of nitrogens with zero attached hydrogens (tertiary/aromatic N) is 1. The highest BCUT2D eigenvalue weighted by Gasteiger charge is 2.36. The van der Waals surface area contributed by atoms with E-state index < -0.39 is 11.1 Å². The number of rotatable bonds is 4. The van der Waals surface area contributed by atoms with E-state index in [4.69, 9.17) is 4.74 Å². The summed E-state index contributed by atoms with van der Waals surface area (Å²) in [5.41, 5.74) is 5.61. The molecule has 2 heterocycles. The zero-order valence-corrected chi connectivity index (χ0v) is 16.3. The number of carbonyl (C=O) groups is 1. The molecule has 144 valence electrons. The highest BCUT2D eigenvalue weighted by molar-refractivity contribution is 8.00. The van der Waals surface area contributed by atoms with Crippen molar-refractivity contribution in [3.63, 3.8) is 0 Å². The molecule has 28 heavy (non-hydrogen) atoms. The van der Waals surface area contributed by atoms with Crippen LogP contribution in [0.5, 0.6) is 5.75 Å². The topological polar surface area (TPSA) is 55.3 Å². The lowest BCUT2D eigenvalue weighted by molar-refractivity contribution is -0.116. The van der Waals surface area contributed by atoms with Crippen molar-refractivity contribution < 1.29 is 13.9 Å². The predicted molar refractivity (Wildman–Crippen MR) is 109 cm³/mol. The number of aryl methyl sites for hydroxylation is 1. The molecule has 0 bridgehead atoms. The molecule has 1 aliphatic rings. The third-order valence-corrected chi connectivity index (χ3v) is 6.02.